The molecule has 0 aromatic carbocycles. The predicted octanol–water partition coefficient (Wildman–Crippen LogP) is 0.592. The van der Waals surface area contributed by atoms with E-state index in [2.05, 4.69) is 22.7 Å². The summed E-state index contributed by atoms with van der Waals surface area (Å²) in [7, 11) is 1.22. The first-order chi connectivity index (χ1) is 6.51. The molecule has 1 N–H and O–H groups in total. The van der Waals surface area contributed by atoms with Crippen molar-refractivity contribution in [3.63, 3.8) is 0 Å². The first-order valence-corrected chi connectivity index (χ1v) is 4.80. The van der Waals surface area contributed by atoms with Crippen molar-refractivity contribution in [2.24, 2.45) is 0 Å². The van der Waals surface area contributed by atoms with E-state index < -0.39 is 18.1 Å². The van der Waals surface area contributed by atoms with Crippen LogP contribution in [0.15, 0.2) is 0 Å². The van der Waals surface area contributed by atoms with E-state index in [1.165, 1.54) is 7.11 Å². The molecule has 0 aromatic rings. The molecular weight excluding hydrogens is 206 g/mol. The van der Waals surface area contributed by atoms with Gasteiger partial charge in [0.15, 0.2) is 0 Å². The van der Waals surface area contributed by atoms with Gasteiger partial charge >= 0.3 is 12.1 Å². The lowest BCUT2D eigenvalue weighted by Crippen LogP contribution is -2.43. The number of hydrogen-bond donors (Lipinski definition) is 2. The fraction of sp³-hybridized carbons (Fsp3) is 0.750. The van der Waals surface area contributed by atoms with Gasteiger partial charge in [-0.2, -0.15) is 12.6 Å². The minimum absolute atomic E-state index is 0.167. The predicted molar refractivity (Wildman–Crippen MR) is 54.4 cm³/mol. The largest absolute Gasteiger partial charge is 0.461 e. The first-order valence-electron chi connectivity index (χ1n) is 4.17. The molecule has 0 heterocycles. The number of methoxy groups -OCH3 is 1. The number of nitrogens with one attached hydrogen (secondary N) is 1. The van der Waals surface area contributed by atoms with E-state index in [4.69, 9.17) is 4.74 Å². The lowest BCUT2D eigenvalue weighted by molar-refractivity contribution is -0.149. The highest BCUT2D eigenvalue weighted by atomic mass is 32.1. The van der Waals surface area contributed by atoms with Crippen LogP contribution in [0.1, 0.15) is 13.8 Å². The highest BCUT2D eigenvalue weighted by Crippen LogP contribution is 1.97. The highest BCUT2D eigenvalue weighted by molar-refractivity contribution is 7.80. The lowest BCUT2D eigenvalue weighted by Gasteiger charge is -2.16. The fourth-order valence-corrected chi connectivity index (χ4v) is 0.935. The van der Waals surface area contributed by atoms with Gasteiger partial charge < -0.3 is 14.8 Å². The van der Waals surface area contributed by atoms with Crippen molar-refractivity contribution in [1.29, 1.82) is 0 Å². The molecule has 1 unspecified atom stereocenters. The van der Waals surface area contributed by atoms with Gasteiger partial charge in [0.05, 0.1) is 13.2 Å². The third-order valence-corrected chi connectivity index (χ3v) is 1.66. The van der Waals surface area contributed by atoms with E-state index in [1.54, 1.807) is 13.8 Å². The Hall–Kier alpha value is -0.910. The van der Waals surface area contributed by atoms with Crippen LogP contribution in [-0.2, 0) is 14.3 Å². The number of ether oxygens (including phenoxy) is 2. The fourth-order valence-electron chi connectivity index (χ4n) is 0.695. The second-order valence-electron chi connectivity index (χ2n) is 2.86. The van der Waals surface area contributed by atoms with Gasteiger partial charge in [0.2, 0.25) is 0 Å². The minimum Gasteiger partial charge on any atom is -0.461 e. The van der Waals surface area contributed by atoms with Crippen LogP contribution in [-0.4, -0.2) is 37.1 Å². The van der Waals surface area contributed by atoms with Gasteiger partial charge in [0.25, 0.3) is 0 Å². The maximum atomic E-state index is 11.3. The quantitative estimate of drug-likeness (QED) is 0.539. The topological polar surface area (TPSA) is 64.6 Å². The van der Waals surface area contributed by atoms with Gasteiger partial charge in [-0.15, -0.1) is 0 Å². The summed E-state index contributed by atoms with van der Waals surface area (Å²) < 4.78 is 9.24. The molecule has 0 aliphatic heterocycles. The summed E-state index contributed by atoms with van der Waals surface area (Å²) in [6.45, 7) is 3.46. The van der Waals surface area contributed by atoms with Gasteiger partial charge in [-0.05, 0) is 13.8 Å². The Morgan fingerprint density at radius 1 is 1.43 bits per heavy atom. The van der Waals surface area contributed by atoms with Crippen molar-refractivity contribution in [3.8, 4) is 0 Å². The van der Waals surface area contributed by atoms with E-state index in [-0.39, 0.29) is 11.9 Å². The van der Waals surface area contributed by atoms with Crippen LogP contribution in [0.4, 0.5) is 4.79 Å². The van der Waals surface area contributed by atoms with Gasteiger partial charge in [-0.1, -0.05) is 0 Å². The van der Waals surface area contributed by atoms with E-state index in [1.807, 2.05) is 0 Å². The van der Waals surface area contributed by atoms with E-state index in [9.17, 15) is 9.59 Å². The minimum atomic E-state index is -0.770. The van der Waals surface area contributed by atoms with Crippen molar-refractivity contribution in [2.45, 2.75) is 26.0 Å². The summed E-state index contributed by atoms with van der Waals surface area (Å²) in [6, 6.07) is -0.770. The molecule has 0 aliphatic carbocycles. The average molecular weight is 221 g/mol. The Morgan fingerprint density at radius 3 is 2.36 bits per heavy atom. The molecule has 0 spiro atoms. The van der Waals surface area contributed by atoms with Crippen LogP contribution in [0.5, 0.6) is 0 Å². The molecule has 0 bridgehead atoms. The van der Waals surface area contributed by atoms with E-state index in [0.29, 0.717) is 0 Å². The smallest absolute Gasteiger partial charge is 0.407 e. The van der Waals surface area contributed by atoms with E-state index >= 15 is 0 Å². The third kappa shape index (κ3) is 4.96. The second kappa shape index (κ2) is 6.53. The number of rotatable bonds is 4. The third-order valence-electron chi connectivity index (χ3n) is 1.30. The second-order valence-corrected chi connectivity index (χ2v) is 3.22. The molecule has 6 heteroatoms. The number of carbonyl (C=O) groups excluding carboxylic acids is 2. The molecule has 1 amide bonds. The van der Waals surface area contributed by atoms with Crippen molar-refractivity contribution >= 4 is 24.7 Å². The van der Waals surface area contributed by atoms with Gasteiger partial charge in [0.1, 0.15) is 6.04 Å². The molecule has 0 radical (unpaired) electrons. The Morgan fingerprint density at radius 2 is 2.00 bits per heavy atom. The van der Waals surface area contributed by atoms with Crippen molar-refractivity contribution < 1.29 is 19.1 Å². The molecule has 0 aromatic heterocycles. The molecule has 0 saturated carbocycles. The van der Waals surface area contributed by atoms with Crippen LogP contribution in [0.2, 0.25) is 0 Å². The zero-order valence-corrected chi connectivity index (χ0v) is 9.34. The standard InChI is InChI=1S/C8H15NO4S/c1-5(2)13-7(10)6(4-14)9-8(11)12-3/h5-6,14H,4H2,1-3H3,(H,9,11). The summed E-state index contributed by atoms with van der Waals surface area (Å²) in [5.41, 5.74) is 0. The molecule has 0 rings (SSSR count). The molecule has 0 aliphatic rings. The van der Waals surface area contributed by atoms with Crippen LogP contribution >= 0.6 is 12.6 Å². The summed E-state index contributed by atoms with van der Waals surface area (Å²) in [5, 5.41) is 2.31. The average Bonchev–Trinajstić information content (AvgIpc) is 2.12. The Kier molecular flexibility index (Phi) is 6.11. The molecule has 0 saturated heterocycles. The summed E-state index contributed by atoms with van der Waals surface area (Å²) in [6.07, 6.45) is -0.894. The number of esters is 1. The Bertz CT molecular complexity index is 208. The SMILES string of the molecule is COC(=O)NC(CS)C(=O)OC(C)C. The van der Waals surface area contributed by atoms with Gasteiger partial charge in [-0.25, -0.2) is 9.59 Å². The monoisotopic (exact) mass is 221 g/mol. The molecule has 82 valence electrons. The van der Waals surface area contributed by atoms with E-state index in [0.717, 1.165) is 0 Å². The summed E-state index contributed by atoms with van der Waals surface area (Å²) >= 11 is 3.92. The van der Waals surface area contributed by atoms with Gasteiger partial charge in [-0.3, -0.25) is 0 Å². The Balaban J connectivity index is 4.12. The molecule has 0 fully saturated rings. The molecular formula is C8H15NO4S. The van der Waals surface area contributed by atoms with Crippen molar-refractivity contribution in [2.75, 3.05) is 12.9 Å². The van der Waals surface area contributed by atoms with Crippen LogP contribution in [0.3, 0.4) is 0 Å². The summed E-state index contributed by atoms with van der Waals surface area (Å²) in [4.78, 5) is 22.1. The number of amides is 1. The van der Waals surface area contributed by atoms with Crippen LogP contribution in [0, 0.1) is 0 Å². The van der Waals surface area contributed by atoms with Crippen LogP contribution in [0.25, 0.3) is 0 Å². The zero-order valence-electron chi connectivity index (χ0n) is 8.44. The zero-order chi connectivity index (χ0) is 11.1. The molecule has 5 nitrogen and oxygen atoms in total. The number of carbonyl (C=O) groups is 2. The first kappa shape index (κ1) is 13.1. The molecule has 14 heavy (non-hydrogen) atoms. The Labute approximate surface area is 88.5 Å². The normalized spacial score (nSPS) is 12.1. The maximum absolute atomic E-state index is 11.3. The number of alkyl carbamates (subject to hydrolysis) is 1. The molecule has 1 atom stereocenters. The maximum Gasteiger partial charge on any atom is 0.407 e. The lowest BCUT2D eigenvalue weighted by atomic mass is 10.3. The highest BCUT2D eigenvalue weighted by Gasteiger charge is 2.21. The number of hydrogen-bond acceptors (Lipinski definition) is 5. The van der Waals surface area contributed by atoms with Crippen molar-refractivity contribution in [1.82, 2.24) is 5.32 Å². The van der Waals surface area contributed by atoms with Gasteiger partial charge in [0, 0.05) is 5.75 Å². The summed E-state index contributed by atoms with van der Waals surface area (Å²) in [5.74, 6) is -0.346. The van der Waals surface area contributed by atoms with Crippen molar-refractivity contribution in [3.05, 3.63) is 0 Å². The van der Waals surface area contributed by atoms with Crippen LogP contribution < -0.4 is 5.32 Å². The number of thiol groups is 1.